The number of rotatable bonds is 1. The maximum atomic E-state index is 9.49. The summed E-state index contributed by atoms with van der Waals surface area (Å²) in [4.78, 5) is 9.40. The molecule has 0 aromatic carbocycles. The van der Waals surface area contributed by atoms with Crippen molar-refractivity contribution in [2.45, 2.75) is 0 Å². The van der Waals surface area contributed by atoms with Crippen LogP contribution in [0.1, 0.15) is 0 Å². The molecular weight excluding hydrogens is 136 g/mol. The van der Waals surface area contributed by atoms with Crippen LogP contribution in [0.5, 0.6) is 0 Å². The molecule has 0 fully saturated rings. The predicted octanol–water partition coefficient (Wildman–Crippen LogP) is 0.253. The predicted molar refractivity (Wildman–Crippen MR) is 23.7 cm³/mol. The lowest BCUT2D eigenvalue weighted by Gasteiger charge is -1.73. The van der Waals surface area contributed by atoms with Gasteiger partial charge >= 0.3 is 17.4 Å². The summed E-state index contributed by atoms with van der Waals surface area (Å²) in [5, 5.41) is 9.97. The van der Waals surface area contributed by atoms with Crippen molar-refractivity contribution in [1.29, 1.82) is 0 Å². The van der Waals surface area contributed by atoms with Crippen molar-refractivity contribution in [3.05, 3.63) is 0 Å². The van der Waals surface area contributed by atoms with E-state index < -0.39 is 17.4 Å². The summed E-state index contributed by atoms with van der Waals surface area (Å²) >= 11 is -2.51. The Morgan fingerprint density at radius 2 is 2.12 bits per heavy atom. The average molecular weight is 138 g/mol. The van der Waals surface area contributed by atoms with Crippen LogP contribution in [-0.4, -0.2) is 20.0 Å². The fourth-order valence-electron chi connectivity index (χ4n) is 0.0698. The highest BCUT2D eigenvalue weighted by Gasteiger charge is 1.88. The largest absolute Gasteiger partial charge is 0.462 e. The first-order chi connectivity index (χ1) is 3.63. The Morgan fingerprint density at radius 3 is 2.25 bits per heavy atom. The van der Waals surface area contributed by atoms with Crippen molar-refractivity contribution in [3.63, 3.8) is 0 Å². The van der Waals surface area contributed by atoms with Gasteiger partial charge in [0.05, 0.1) is 0 Å². The van der Waals surface area contributed by atoms with Gasteiger partial charge in [0.2, 0.25) is 0 Å². The summed E-state index contributed by atoms with van der Waals surface area (Å²) in [6.45, 7) is 0. The molecule has 1 atom stereocenters. The van der Waals surface area contributed by atoms with Crippen molar-refractivity contribution in [3.8, 4) is 0 Å². The van der Waals surface area contributed by atoms with Crippen LogP contribution in [0.15, 0.2) is 9.63 Å². The zero-order chi connectivity index (χ0) is 6.57. The summed E-state index contributed by atoms with van der Waals surface area (Å²) in [5.74, 6) is 0. The molecule has 2 N–H and O–H groups in total. The third-order valence-corrected chi connectivity index (χ3v) is 0.418. The van der Waals surface area contributed by atoms with Crippen LogP contribution < -0.4 is 0 Å². The average Bonchev–Trinajstić information content (AvgIpc) is 1.61. The van der Waals surface area contributed by atoms with E-state index in [1.165, 1.54) is 0 Å². The third kappa shape index (κ3) is 5.18. The lowest BCUT2D eigenvalue weighted by Crippen LogP contribution is -1.84. The minimum absolute atomic E-state index is 1.59. The minimum atomic E-state index is -2.51. The fourth-order valence-corrected chi connectivity index (χ4v) is 0.210. The van der Waals surface area contributed by atoms with Crippen molar-refractivity contribution >= 4 is 17.4 Å². The first-order valence-electron chi connectivity index (χ1n) is 1.38. The molecule has 0 bridgehead atoms. The monoisotopic (exact) mass is 138 g/mol. The molecule has 46 valence electrons. The maximum absolute atomic E-state index is 9.49. The van der Waals surface area contributed by atoms with Crippen molar-refractivity contribution in [2.24, 2.45) is 9.63 Å². The van der Waals surface area contributed by atoms with Crippen LogP contribution in [0.2, 0.25) is 0 Å². The molecule has 0 aliphatic heterocycles. The van der Waals surface area contributed by atoms with Crippen molar-refractivity contribution in [1.82, 2.24) is 0 Å². The van der Waals surface area contributed by atoms with E-state index in [1.807, 2.05) is 0 Å². The Morgan fingerprint density at radius 1 is 1.62 bits per heavy atom. The molecular formula is CH2N2O4S. The number of amides is 1. The zero-order valence-electron chi connectivity index (χ0n) is 3.51. The highest BCUT2D eigenvalue weighted by Crippen LogP contribution is 1.79. The van der Waals surface area contributed by atoms with Crippen molar-refractivity contribution in [2.75, 3.05) is 0 Å². The first kappa shape index (κ1) is 7.18. The molecule has 0 spiro atoms. The fraction of sp³-hybridized carbons (Fsp3) is 0. The van der Waals surface area contributed by atoms with Crippen LogP contribution in [0, 0.1) is 0 Å². The van der Waals surface area contributed by atoms with Gasteiger partial charge in [0, 0.05) is 0 Å². The van der Waals surface area contributed by atoms with Gasteiger partial charge in [-0.3, -0.25) is 4.55 Å². The second-order valence-corrected chi connectivity index (χ2v) is 1.32. The van der Waals surface area contributed by atoms with E-state index in [0.29, 0.717) is 0 Å². The van der Waals surface area contributed by atoms with Crippen LogP contribution in [-0.2, 0) is 11.3 Å². The molecule has 1 unspecified atom stereocenters. The summed E-state index contributed by atoms with van der Waals surface area (Å²) in [6, 6.07) is 0. The van der Waals surface area contributed by atoms with E-state index in [4.69, 9.17) is 9.66 Å². The Hall–Kier alpha value is -0.820. The molecule has 0 saturated carbocycles. The summed E-state index contributed by atoms with van der Waals surface area (Å²) in [6.07, 6.45) is -1.59. The lowest BCUT2D eigenvalue weighted by atomic mass is 11.3. The van der Waals surface area contributed by atoms with Gasteiger partial charge in [0.25, 0.3) is 0 Å². The number of carboxylic acid groups (broad SMARTS) is 1. The van der Waals surface area contributed by atoms with E-state index in [-0.39, 0.29) is 0 Å². The molecule has 0 aromatic rings. The molecule has 0 saturated heterocycles. The number of hydrogen-bond acceptors (Lipinski definition) is 2. The van der Waals surface area contributed by atoms with E-state index in [9.17, 15) is 9.00 Å². The topological polar surface area (TPSA) is 99.3 Å². The molecule has 7 heteroatoms. The Bertz CT molecular complexity index is 125. The van der Waals surface area contributed by atoms with Gasteiger partial charge in [0.1, 0.15) is 0 Å². The number of nitrogens with zero attached hydrogens (tertiary/aromatic N) is 2. The summed E-state index contributed by atoms with van der Waals surface area (Å²) in [5.41, 5.74) is 0. The summed E-state index contributed by atoms with van der Waals surface area (Å²) in [7, 11) is 0. The van der Waals surface area contributed by atoms with Gasteiger partial charge in [-0.2, -0.15) is 0 Å². The molecule has 8 heavy (non-hydrogen) atoms. The Labute approximate surface area is 46.7 Å². The van der Waals surface area contributed by atoms with Gasteiger partial charge in [-0.1, -0.05) is 9.63 Å². The standard InChI is InChI=1S/CH2N2O4S/c4-1(5)2-3-8(6)7/h(H,4,5)(H,6,7). The highest BCUT2D eigenvalue weighted by atomic mass is 32.2. The van der Waals surface area contributed by atoms with E-state index in [0.717, 1.165) is 0 Å². The second kappa shape index (κ2) is 3.22. The Balaban J connectivity index is 3.67. The number of hydrogen-bond donors (Lipinski definition) is 2. The van der Waals surface area contributed by atoms with Crippen LogP contribution in [0.25, 0.3) is 0 Å². The normalized spacial score (nSPS) is 14.1. The third-order valence-electron chi connectivity index (χ3n) is 0.196. The smallest absolute Gasteiger partial charge is 0.450 e. The van der Waals surface area contributed by atoms with Gasteiger partial charge in [-0.25, -0.2) is 9.00 Å². The maximum Gasteiger partial charge on any atom is 0.450 e. The van der Waals surface area contributed by atoms with Gasteiger partial charge in [-0.05, 0) is 0 Å². The van der Waals surface area contributed by atoms with Gasteiger partial charge in [-0.15, -0.1) is 0 Å². The Kier molecular flexibility index (Phi) is 2.89. The molecule has 0 rings (SSSR count). The van der Waals surface area contributed by atoms with E-state index in [2.05, 4.69) is 9.63 Å². The van der Waals surface area contributed by atoms with Crippen LogP contribution in [0.3, 0.4) is 0 Å². The SMILES string of the molecule is O=C(O)N=NS(=O)O. The molecule has 0 aromatic heterocycles. The van der Waals surface area contributed by atoms with E-state index in [1.54, 1.807) is 0 Å². The zero-order valence-corrected chi connectivity index (χ0v) is 4.33. The molecule has 0 aliphatic carbocycles. The number of carbonyl (C=O) groups is 1. The molecule has 0 aliphatic rings. The molecule has 0 heterocycles. The lowest BCUT2D eigenvalue weighted by molar-refractivity contribution is 0.204. The van der Waals surface area contributed by atoms with Gasteiger partial charge < -0.3 is 5.11 Å². The first-order valence-corrected chi connectivity index (χ1v) is 2.45. The quantitative estimate of drug-likeness (QED) is 0.400. The second-order valence-electron chi connectivity index (χ2n) is 0.695. The van der Waals surface area contributed by atoms with Crippen LogP contribution in [0.4, 0.5) is 4.79 Å². The molecule has 0 radical (unpaired) electrons. The van der Waals surface area contributed by atoms with Crippen LogP contribution >= 0.6 is 0 Å². The van der Waals surface area contributed by atoms with Crippen molar-refractivity contribution < 1.29 is 18.7 Å². The summed E-state index contributed by atoms with van der Waals surface area (Å²) < 4.78 is 19.6. The highest BCUT2D eigenvalue weighted by molar-refractivity contribution is 7.77. The minimum Gasteiger partial charge on any atom is -0.462 e. The molecule has 1 amide bonds. The van der Waals surface area contributed by atoms with E-state index >= 15 is 0 Å². The van der Waals surface area contributed by atoms with Gasteiger partial charge in [0.15, 0.2) is 0 Å². The molecule has 6 nitrogen and oxygen atoms in total.